The second-order valence-electron chi connectivity index (χ2n) is 11.6. The number of amides is 4. The number of hydrogen-bond donors (Lipinski definition) is 2. The van der Waals surface area contributed by atoms with Crippen molar-refractivity contribution >= 4 is 58.5 Å². The number of benzene rings is 2. The number of aliphatic carboxylic acids is 1. The smallest absolute Gasteiger partial charge is 0.305 e. The predicted octanol–water partition coefficient (Wildman–Crippen LogP) is 4.13. The van der Waals surface area contributed by atoms with E-state index in [4.69, 9.17) is 33.0 Å². The van der Waals surface area contributed by atoms with Gasteiger partial charge in [-0.05, 0) is 36.5 Å². The van der Waals surface area contributed by atoms with Crippen LogP contribution in [0.25, 0.3) is 0 Å². The molecule has 2 saturated heterocycles. The van der Waals surface area contributed by atoms with Gasteiger partial charge in [0.25, 0.3) is 11.8 Å². The molecule has 0 radical (unpaired) electrons. The van der Waals surface area contributed by atoms with Gasteiger partial charge in [0, 0.05) is 12.5 Å². The van der Waals surface area contributed by atoms with Crippen LogP contribution >= 0.6 is 23.2 Å². The number of aromatic hydroxyl groups is 1. The van der Waals surface area contributed by atoms with Gasteiger partial charge in [0.05, 0.1) is 25.4 Å². The minimum absolute atomic E-state index is 0.0361. The molecule has 17 heteroatoms. The third kappa shape index (κ3) is 4.24. The molecule has 6 atom stereocenters. The summed E-state index contributed by atoms with van der Waals surface area (Å²) in [4.78, 5) is 61.5. The van der Waals surface area contributed by atoms with Crippen LogP contribution in [0.4, 0.5) is 27.6 Å². The Morgan fingerprint density at radius 1 is 0.957 bits per heavy atom. The van der Waals surface area contributed by atoms with Crippen LogP contribution in [-0.4, -0.2) is 68.1 Å². The fourth-order valence-corrected chi connectivity index (χ4v) is 8.24. The first-order chi connectivity index (χ1) is 22.0. The van der Waals surface area contributed by atoms with Crippen molar-refractivity contribution in [3.8, 4) is 11.5 Å². The van der Waals surface area contributed by atoms with Crippen molar-refractivity contribution in [1.29, 1.82) is 0 Å². The molecule has 4 amide bonds. The number of anilines is 1. The molecule has 2 aliphatic heterocycles. The molecule has 1 saturated carbocycles. The van der Waals surface area contributed by atoms with Gasteiger partial charge in [-0.1, -0.05) is 17.7 Å². The molecule has 47 heavy (non-hydrogen) atoms. The summed E-state index contributed by atoms with van der Waals surface area (Å²) in [6, 6.07) is 3.62. The molecule has 4 aliphatic rings. The van der Waals surface area contributed by atoms with E-state index in [0.29, 0.717) is 0 Å². The van der Waals surface area contributed by atoms with Crippen LogP contribution in [0.3, 0.4) is 0 Å². The monoisotopic (exact) mass is 702 g/mol. The molecule has 0 bridgehead atoms. The summed E-state index contributed by atoms with van der Waals surface area (Å²) in [5.41, 5.74) is -1.68. The van der Waals surface area contributed by atoms with Crippen LogP contribution in [0.2, 0.25) is 0 Å². The van der Waals surface area contributed by atoms with E-state index >= 15 is 8.78 Å². The molecule has 2 aromatic rings. The Hall–Kier alpha value is -4.24. The maximum atomic E-state index is 15.1. The van der Waals surface area contributed by atoms with Crippen LogP contribution in [0.1, 0.15) is 30.7 Å². The highest BCUT2D eigenvalue weighted by Crippen LogP contribution is 2.66. The topological polar surface area (TPSA) is 142 Å². The third-order valence-corrected chi connectivity index (χ3v) is 10.8. The Morgan fingerprint density at radius 3 is 2.17 bits per heavy atom. The summed E-state index contributed by atoms with van der Waals surface area (Å²) in [5, 5.41) is 19.4. The first-order valence-electron chi connectivity index (χ1n) is 13.9. The van der Waals surface area contributed by atoms with Crippen LogP contribution in [0, 0.1) is 46.8 Å². The highest BCUT2D eigenvalue weighted by atomic mass is 35.5. The van der Waals surface area contributed by atoms with Crippen molar-refractivity contribution in [2.45, 2.75) is 34.9 Å². The van der Waals surface area contributed by atoms with E-state index < -0.39 is 117 Å². The van der Waals surface area contributed by atoms with Gasteiger partial charge in [-0.2, -0.15) is 0 Å². The minimum atomic E-state index is -2.74. The van der Waals surface area contributed by atoms with Crippen LogP contribution in [0.5, 0.6) is 11.5 Å². The fourth-order valence-electron chi connectivity index (χ4n) is 7.31. The SMILES string of the molecule is COc1cc([C@H]2C3=CC[C@@H]4C(=O)N(CCC(=O)O)C(=O)[C@@H]4[C@@H]3C[C@@]3(Cl)C(=O)N(c4c(F)c(F)c(F)c(F)c4F)C(=O)[C@@]23Cl)ccc1O. The number of carboxylic acids is 1. The molecule has 10 nitrogen and oxygen atoms in total. The van der Waals surface area contributed by atoms with E-state index in [2.05, 4.69) is 0 Å². The lowest BCUT2D eigenvalue weighted by molar-refractivity contribution is -0.142. The molecule has 0 unspecified atom stereocenters. The summed E-state index contributed by atoms with van der Waals surface area (Å²) in [5.74, 6) is -24.1. The molecule has 248 valence electrons. The summed E-state index contributed by atoms with van der Waals surface area (Å²) in [6.07, 6.45) is 0.105. The van der Waals surface area contributed by atoms with Gasteiger partial charge in [0.1, 0.15) is 5.69 Å². The molecule has 2 aliphatic carbocycles. The molecular weight excluding hydrogens is 682 g/mol. The zero-order chi connectivity index (χ0) is 34.5. The lowest BCUT2D eigenvalue weighted by atomic mass is 9.56. The van der Waals surface area contributed by atoms with E-state index in [1.807, 2.05) is 0 Å². The zero-order valence-electron chi connectivity index (χ0n) is 23.8. The minimum Gasteiger partial charge on any atom is -0.504 e. The second-order valence-corrected chi connectivity index (χ2v) is 12.8. The molecule has 6 rings (SSSR count). The quantitative estimate of drug-likeness (QED) is 0.114. The number of fused-ring (bicyclic) bond motifs is 4. The number of nitrogens with zero attached hydrogens (tertiary/aromatic N) is 2. The van der Waals surface area contributed by atoms with Crippen LogP contribution in [0.15, 0.2) is 29.8 Å². The average molecular weight is 703 g/mol. The Balaban J connectivity index is 1.57. The number of allylic oxidation sites excluding steroid dienone is 2. The second kappa shape index (κ2) is 10.9. The number of halogens is 7. The number of imide groups is 2. The molecule has 0 spiro atoms. The Labute approximate surface area is 271 Å². The number of carbonyl (C=O) groups is 5. The molecule has 0 aromatic heterocycles. The highest BCUT2D eigenvalue weighted by molar-refractivity contribution is 6.58. The maximum Gasteiger partial charge on any atom is 0.305 e. The maximum absolute atomic E-state index is 15.1. The van der Waals surface area contributed by atoms with Crippen molar-refractivity contribution in [3.63, 3.8) is 0 Å². The highest BCUT2D eigenvalue weighted by Gasteiger charge is 2.77. The number of likely N-dealkylation sites (tertiary alicyclic amines) is 1. The number of alkyl halides is 2. The van der Waals surface area contributed by atoms with Gasteiger partial charge in [-0.3, -0.25) is 28.9 Å². The van der Waals surface area contributed by atoms with Crippen molar-refractivity contribution in [2.24, 2.45) is 17.8 Å². The van der Waals surface area contributed by atoms with Gasteiger partial charge in [-0.15, -0.1) is 23.2 Å². The number of rotatable bonds is 6. The zero-order valence-corrected chi connectivity index (χ0v) is 25.3. The van der Waals surface area contributed by atoms with E-state index in [0.717, 1.165) is 11.0 Å². The van der Waals surface area contributed by atoms with E-state index in [9.17, 15) is 42.3 Å². The van der Waals surface area contributed by atoms with E-state index in [1.54, 1.807) is 0 Å². The summed E-state index contributed by atoms with van der Waals surface area (Å²) in [6.45, 7) is -0.461. The van der Waals surface area contributed by atoms with Crippen molar-refractivity contribution in [2.75, 3.05) is 18.6 Å². The predicted molar refractivity (Wildman–Crippen MR) is 150 cm³/mol. The van der Waals surface area contributed by atoms with Gasteiger partial charge in [0.15, 0.2) is 44.5 Å². The Bertz CT molecular complexity index is 1830. The average Bonchev–Trinajstić information content (AvgIpc) is 3.36. The summed E-state index contributed by atoms with van der Waals surface area (Å²) >= 11 is 14.0. The Morgan fingerprint density at radius 2 is 1.57 bits per heavy atom. The standard InChI is InChI=1S/C30H21Cl2F5N2O8/c1-47-15-8-10(2-5-14(15)40)18-11-3-4-12-17(26(44)38(25(12)43)7-6-16(41)42)13(11)9-29(31)27(45)39(28(46)30(18,29)32)24-22(36)20(34)19(33)21(35)23(24)37/h2-3,5,8,12-13,17-18,40H,4,6-7,9H2,1H3,(H,41,42)/t12-,13+,17-,18-,29+,30-/m0/s1. The largest absolute Gasteiger partial charge is 0.504 e. The van der Waals surface area contributed by atoms with Gasteiger partial charge in [-0.25, -0.2) is 26.9 Å². The van der Waals surface area contributed by atoms with E-state index in [1.165, 1.54) is 25.3 Å². The number of phenolic OH excluding ortho intramolecular Hbond substituents is 1. The number of methoxy groups -OCH3 is 1. The van der Waals surface area contributed by atoms with Gasteiger partial charge in [0.2, 0.25) is 17.6 Å². The molecule has 2 heterocycles. The normalized spacial score (nSPS) is 29.9. The molecule has 3 fully saturated rings. The number of ether oxygens (including phenoxy) is 1. The summed E-state index contributed by atoms with van der Waals surface area (Å²) in [7, 11) is 1.19. The van der Waals surface area contributed by atoms with Crippen LogP contribution < -0.4 is 9.64 Å². The fraction of sp³-hybridized carbons (Fsp3) is 0.367. The van der Waals surface area contributed by atoms with Crippen molar-refractivity contribution in [3.05, 3.63) is 64.5 Å². The molecular formula is C30H21Cl2F5N2O8. The van der Waals surface area contributed by atoms with E-state index in [-0.39, 0.29) is 34.0 Å². The lowest BCUT2D eigenvalue weighted by Crippen LogP contribution is -2.60. The van der Waals surface area contributed by atoms with Crippen molar-refractivity contribution in [1.82, 2.24) is 4.90 Å². The third-order valence-electron chi connectivity index (χ3n) is 9.40. The molecule has 2 N–H and O–H groups in total. The van der Waals surface area contributed by atoms with Crippen molar-refractivity contribution < 1.29 is 60.9 Å². The Kier molecular flexibility index (Phi) is 7.59. The first kappa shape index (κ1) is 32.7. The summed E-state index contributed by atoms with van der Waals surface area (Å²) < 4.78 is 77.9. The number of carbonyl (C=O) groups excluding carboxylic acids is 4. The van der Waals surface area contributed by atoms with Gasteiger partial charge >= 0.3 is 5.97 Å². The number of hydrogen-bond acceptors (Lipinski definition) is 7. The lowest BCUT2D eigenvalue weighted by Gasteiger charge is -2.50. The van der Waals surface area contributed by atoms with Gasteiger partial charge < -0.3 is 14.9 Å². The number of phenols is 1. The first-order valence-corrected chi connectivity index (χ1v) is 14.7. The molecule has 2 aromatic carbocycles. The van der Waals surface area contributed by atoms with Crippen LogP contribution in [-0.2, 0) is 24.0 Å². The number of carboxylic acid groups (broad SMARTS) is 1.